The first-order valence-corrected chi connectivity index (χ1v) is 6.78. The van der Waals surface area contributed by atoms with Crippen molar-refractivity contribution in [2.45, 2.75) is 0 Å². The van der Waals surface area contributed by atoms with Crippen molar-refractivity contribution in [3.63, 3.8) is 0 Å². The first kappa shape index (κ1) is 13.3. The molecule has 2 aromatic heterocycles. The molecule has 3 rings (SSSR count). The van der Waals surface area contributed by atoms with E-state index in [0.29, 0.717) is 0 Å². The second-order valence-electron chi connectivity index (χ2n) is 5.08. The Morgan fingerprint density at radius 1 is 1.05 bits per heavy atom. The van der Waals surface area contributed by atoms with Crippen molar-refractivity contribution in [3.05, 3.63) is 54.2 Å². The number of hydrogen-bond donors (Lipinski definition) is 0. The summed E-state index contributed by atoms with van der Waals surface area (Å²) in [5.74, 6) is 7.14. The largest absolute Gasteiger partial charge is 0.299 e. The molecular weight excluding hydrogens is 260 g/mol. The smallest absolute Gasteiger partial charge is 0.168 e. The van der Waals surface area contributed by atoms with Crippen LogP contribution in [0.2, 0.25) is 0 Å². The molecule has 0 radical (unpaired) electrons. The van der Waals surface area contributed by atoms with Crippen LogP contribution in [0.4, 0.5) is 0 Å². The highest BCUT2D eigenvalue weighted by molar-refractivity contribution is 5.60. The molecule has 0 unspecified atom stereocenters. The van der Waals surface area contributed by atoms with E-state index in [4.69, 9.17) is 0 Å². The highest BCUT2D eigenvalue weighted by Crippen LogP contribution is 2.18. The lowest BCUT2D eigenvalue weighted by Gasteiger charge is -2.02. The van der Waals surface area contributed by atoms with Crippen LogP contribution < -0.4 is 0 Å². The van der Waals surface area contributed by atoms with E-state index >= 15 is 0 Å². The minimum atomic E-state index is 0.742. The maximum atomic E-state index is 4.27. The Bertz CT molecular complexity index is 807. The highest BCUT2D eigenvalue weighted by atomic mass is 15.2. The Morgan fingerprint density at radius 3 is 2.62 bits per heavy atom. The van der Waals surface area contributed by atoms with Gasteiger partial charge in [0.05, 0.1) is 6.54 Å². The number of benzene rings is 1. The lowest BCUT2D eigenvalue weighted by Crippen LogP contribution is -2.10. The van der Waals surface area contributed by atoms with Crippen LogP contribution >= 0.6 is 0 Å². The molecule has 0 fully saturated rings. The molecule has 2 heterocycles. The van der Waals surface area contributed by atoms with Gasteiger partial charge < -0.3 is 0 Å². The third-order valence-corrected chi connectivity index (χ3v) is 3.06. The molecule has 3 aromatic rings. The van der Waals surface area contributed by atoms with E-state index < -0.39 is 0 Å². The Kier molecular flexibility index (Phi) is 3.67. The van der Waals surface area contributed by atoms with Gasteiger partial charge in [0.2, 0.25) is 0 Å². The zero-order chi connectivity index (χ0) is 14.7. The fourth-order valence-corrected chi connectivity index (χ4v) is 2.05. The maximum absolute atomic E-state index is 4.27. The molecule has 0 atom stereocenters. The first-order valence-electron chi connectivity index (χ1n) is 6.78. The Labute approximate surface area is 124 Å². The fourth-order valence-electron chi connectivity index (χ4n) is 2.05. The van der Waals surface area contributed by atoms with E-state index in [2.05, 4.69) is 22.0 Å². The SMILES string of the molecule is CN(C)CC#Cc1ccc2nnc(-c3ccccc3)n2c1. The predicted octanol–water partition coefficient (Wildman–Crippen LogP) is 2.31. The molecule has 0 aliphatic heterocycles. The number of hydrogen-bond acceptors (Lipinski definition) is 3. The second kappa shape index (κ2) is 5.78. The van der Waals surface area contributed by atoms with E-state index in [1.807, 2.05) is 72.1 Å². The van der Waals surface area contributed by atoms with Gasteiger partial charge in [-0.15, -0.1) is 10.2 Å². The highest BCUT2D eigenvalue weighted by Gasteiger charge is 2.07. The van der Waals surface area contributed by atoms with Crippen molar-refractivity contribution in [2.24, 2.45) is 0 Å². The van der Waals surface area contributed by atoms with Crippen LogP contribution in [0.3, 0.4) is 0 Å². The van der Waals surface area contributed by atoms with Gasteiger partial charge >= 0.3 is 0 Å². The number of pyridine rings is 1. The Balaban J connectivity index is 2.02. The summed E-state index contributed by atoms with van der Waals surface area (Å²) < 4.78 is 1.98. The van der Waals surface area contributed by atoms with Crippen molar-refractivity contribution in [1.82, 2.24) is 19.5 Å². The van der Waals surface area contributed by atoms with E-state index in [1.54, 1.807) is 0 Å². The maximum Gasteiger partial charge on any atom is 0.168 e. The number of rotatable bonds is 2. The second-order valence-corrected chi connectivity index (χ2v) is 5.08. The van der Waals surface area contributed by atoms with Crippen LogP contribution in [0.25, 0.3) is 17.0 Å². The number of fused-ring (bicyclic) bond motifs is 1. The summed E-state index contributed by atoms with van der Waals surface area (Å²) in [5, 5.41) is 8.47. The number of nitrogens with zero attached hydrogens (tertiary/aromatic N) is 4. The van der Waals surface area contributed by atoms with E-state index in [9.17, 15) is 0 Å². The molecule has 4 nitrogen and oxygen atoms in total. The molecule has 1 aromatic carbocycles. The van der Waals surface area contributed by atoms with Gasteiger partial charge in [-0.2, -0.15) is 0 Å². The standard InChI is InChI=1S/C17H16N4/c1-20(2)12-6-7-14-10-11-16-18-19-17(21(16)13-14)15-8-4-3-5-9-15/h3-5,8-11,13H,12H2,1-2H3. The molecule has 4 heteroatoms. The molecule has 0 saturated heterocycles. The molecule has 0 N–H and O–H groups in total. The van der Waals surface area contributed by atoms with Crippen LogP contribution in [0.1, 0.15) is 5.56 Å². The molecule has 104 valence electrons. The fraction of sp³-hybridized carbons (Fsp3) is 0.176. The average Bonchev–Trinajstić information content (AvgIpc) is 2.91. The van der Waals surface area contributed by atoms with Crippen molar-refractivity contribution >= 4 is 5.65 Å². The van der Waals surface area contributed by atoms with Gasteiger partial charge in [-0.3, -0.25) is 9.30 Å². The van der Waals surface area contributed by atoms with Gasteiger partial charge in [0.1, 0.15) is 0 Å². The van der Waals surface area contributed by atoms with Gasteiger partial charge in [-0.1, -0.05) is 42.2 Å². The van der Waals surface area contributed by atoms with Crippen molar-refractivity contribution in [2.75, 3.05) is 20.6 Å². The van der Waals surface area contributed by atoms with Crippen LogP contribution in [0.5, 0.6) is 0 Å². The zero-order valence-electron chi connectivity index (χ0n) is 12.1. The lowest BCUT2D eigenvalue weighted by atomic mass is 10.2. The molecule has 0 amide bonds. The van der Waals surface area contributed by atoms with Gasteiger partial charge in [0.15, 0.2) is 11.5 Å². The normalized spacial score (nSPS) is 10.6. The van der Waals surface area contributed by atoms with Gasteiger partial charge in [-0.25, -0.2) is 0 Å². The Morgan fingerprint density at radius 2 is 1.86 bits per heavy atom. The van der Waals surface area contributed by atoms with Crippen molar-refractivity contribution in [3.8, 4) is 23.2 Å². The van der Waals surface area contributed by atoms with Crippen LogP contribution in [-0.4, -0.2) is 40.1 Å². The predicted molar refractivity (Wildman–Crippen MR) is 83.9 cm³/mol. The summed E-state index contributed by atoms with van der Waals surface area (Å²) in [5.41, 5.74) is 2.83. The average molecular weight is 276 g/mol. The molecule has 0 aliphatic rings. The van der Waals surface area contributed by atoms with Crippen molar-refractivity contribution < 1.29 is 0 Å². The minimum absolute atomic E-state index is 0.742. The molecule has 21 heavy (non-hydrogen) atoms. The Hall–Kier alpha value is -2.64. The number of aromatic nitrogens is 3. The quantitative estimate of drug-likeness (QED) is 0.673. The van der Waals surface area contributed by atoms with Crippen molar-refractivity contribution in [1.29, 1.82) is 0 Å². The summed E-state index contributed by atoms with van der Waals surface area (Å²) in [6, 6.07) is 14.0. The topological polar surface area (TPSA) is 33.4 Å². The lowest BCUT2D eigenvalue weighted by molar-refractivity contribution is 0.464. The summed E-state index contributed by atoms with van der Waals surface area (Å²) in [7, 11) is 4.01. The van der Waals surface area contributed by atoms with Crippen LogP contribution in [0.15, 0.2) is 48.7 Å². The molecule has 0 saturated carbocycles. The van der Waals surface area contributed by atoms with Gasteiger partial charge in [0, 0.05) is 17.3 Å². The van der Waals surface area contributed by atoms with E-state index in [1.165, 1.54) is 0 Å². The monoisotopic (exact) mass is 276 g/mol. The van der Waals surface area contributed by atoms with Gasteiger partial charge in [0.25, 0.3) is 0 Å². The van der Waals surface area contributed by atoms with Crippen LogP contribution in [-0.2, 0) is 0 Å². The third-order valence-electron chi connectivity index (χ3n) is 3.06. The molecule has 0 aliphatic carbocycles. The minimum Gasteiger partial charge on any atom is -0.299 e. The summed E-state index contributed by atoms with van der Waals surface area (Å²) >= 11 is 0. The summed E-state index contributed by atoms with van der Waals surface area (Å²) in [4.78, 5) is 2.04. The summed E-state index contributed by atoms with van der Waals surface area (Å²) in [6.07, 6.45) is 1.99. The van der Waals surface area contributed by atoms with Crippen LogP contribution in [0, 0.1) is 11.8 Å². The van der Waals surface area contributed by atoms with Gasteiger partial charge in [-0.05, 0) is 26.2 Å². The van der Waals surface area contributed by atoms with E-state index in [-0.39, 0.29) is 0 Å². The molecule has 0 spiro atoms. The van der Waals surface area contributed by atoms with E-state index in [0.717, 1.165) is 29.1 Å². The zero-order valence-corrected chi connectivity index (χ0v) is 12.1. The molecular formula is C17H16N4. The third kappa shape index (κ3) is 2.93. The molecule has 0 bridgehead atoms. The first-order chi connectivity index (χ1) is 10.2. The summed E-state index contributed by atoms with van der Waals surface area (Å²) in [6.45, 7) is 0.742.